The molecule has 0 spiro atoms. The van der Waals surface area contributed by atoms with Gasteiger partial charge < -0.3 is 0 Å². The third-order valence-electron chi connectivity index (χ3n) is 2.81. The van der Waals surface area contributed by atoms with Crippen LogP contribution in [0.1, 0.15) is 38.7 Å². The zero-order chi connectivity index (χ0) is 20.6. The minimum Gasteiger partial charge on any atom is -0.0616 e. The van der Waals surface area contributed by atoms with E-state index in [0.717, 1.165) is 0 Å². The van der Waals surface area contributed by atoms with Gasteiger partial charge in [-0.05, 0) is 32.5 Å². The lowest BCUT2D eigenvalue weighted by Crippen LogP contribution is -2.10. The summed E-state index contributed by atoms with van der Waals surface area (Å²) in [6.07, 6.45) is 0. The molecule has 0 radical (unpaired) electrons. The van der Waals surface area contributed by atoms with Gasteiger partial charge in [0.15, 0.2) is 0 Å². The molecule has 0 atom stereocenters. The largest absolute Gasteiger partial charge is 0.0632 e. The number of hydrogen-bond acceptors (Lipinski definition) is 0. The molecular formula is C18H18. The molecule has 0 fully saturated rings. The molecule has 0 N–H and O–H groups in total. The van der Waals surface area contributed by atoms with Gasteiger partial charge in [-0.1, -0.05) is 75.2 Å². The molecule has 0 aromatic heterocycles. The molecule has 0 nitrogen and oxygen atoms in total. The second-order valence-corrected chi connectivity index (χ2v) is 5.25. The van der Waals surface area contributed by atoms with E-state index in [1.807, 2.05) is 0 Å². The lowest BCUT2D eigenvalue weighted by molar-refractivity contribution is 0.591. The molecule has 0 aliphatic heterocycles. The fraction of sp³-hybridized carbons (Fsp3) is 0.222. The molecule has 0 heterocycles. The van der Waals surface area contributed by atoms with Gasteiger partial charge in [-0.3, -0.25) is 0 Å². The van der Waals surface area contributed by atoms with Crippen LogP contribution in [0.2, 0.25) is 0 Å². The lowest BCUT2D eigenvalue weighted by Gasteiger charge is -2.19. The van der Waals surface area contributed by atoms with Gasteiger partial charge in [0, 0.05) is 0 Å². The maximum Gasteiger partial charge on any atom is 0.0632 e. The standard InChI is InChI=1S/C18H18/c1-18(2,3)15-10-11-17-14(12-15)9-8-13-6-4-5-7-16(13)17/h4-12H,1-3H3/i4D,5D,6D,7D,8D,9D,10D,11D,12D. The van der Waals surface area contributed by atoms with Crippen LogP contribution in [0.5, 0.6) is 0 Å². The minimum atomic E-state index is -0.641. The van der Waals surface area contributed by atoms with Crippen molar-refractivity contribution in [3.8, 4) is 0 Å². The van der Waals surface area contributed by atoms with Crippen LogP contribution >= 0.6 is 0 Å². The Morgan fingerprint density at radius 1 is 0.778 bits per heavy atom. The average molecular weight is 243 g/mol. The highest BCUT2D eigenvalue weighted by molar-refractivity contribution is 6.07. The van der Waals surface area contributed by atoms with Gasteiger partial charge in [0.05, 0.1) is 12.3 Å². The summed E-state index contributed by atoms with van der Waals surface area (Å²) >= 11 is 0. The van der Waals surface area contributed by atoms with E-state index < -0.39 is 35.6 Å². The summed E-state index contributed by atoms with van der Waals surface area (Å²) in [5.41, 5.74) is -0.370. The second-order valence-electron chi connectivity index (χ2n) is 5.25. The van der Waals surface area contributed by atoms with Gasteiger partial charge in [0.25, 0.3) is 0 Å². The van der Waals surface area contributed by atoms with Crippen LogP contribution in [-0.2, 0) is 5.41 Å². The molecule has 0 bridgehead atoms. The molecule has 0 aliphatic rings. The predicted molar refractivity (Wildman–Crippen MR) is 80.2 cm³/mol. The fourth-order valence-electron chi connectivity index (χ4n) is 1.78. The first kappa shape index (κ1) is 5.05. The van der Waals surface area contributed by atoms with Crippen LogP contribution in [0.3, 0.4) is 0 Å². The third kappa shape index (κ3) is 1.78. The van der Waals surface area contributed by atoms with Crippen molar-refractivity contribution in [2.45, 2.75) is 26.2 Å². The van der Waals surface area contributed by atoms with E-state index in [0.29, 0.717) is 0 Å². The zero-order valence-electron chi connectivity index (χ0n) is 19.5. The van der Waals surface area contributed by atoms with Crippen molar-refractivity contribution >= 4 is 21.5 Å². The smallest absolute Gasteiger partial charge is 0.0616 e. The molecule has 3 rings (SSSR count). The van der Waals surface area contributed by atoms with Crippen LogP contribution in [0.25, 0.3) is 21.5 Å². The van der Waals surface area contributed by atoms with Crippen LogP contribution in [0, 0.1) is 0 Å². The molecule has 0 saturated heterocycles. The first-order valence-corrected chi connectivity index (χ1v) is 5.75. The topological polar surface area (TPSA) is 0 Å². The Morgan fingerprint density at radius 2 is 1.44 bits per heavy atom. The Hall–Kier alpha value is -1.82. The van der Waals surface area contributed by atoms with E-state index >= 15 is 0 Å². The van der Waals surface area contributed by atoms with Crippen molar-refractivity contribution in [3.05, 3.63) is 59.9 Å². The molecule has 0 heteroatoms. The summed E-state index contributed by atoms with van der Waals surface area (Å²) in [5.74, 6) is 0. The summed E-state index contributed by atoms with van der Waals surface area (Å²) < 4.78 is 74.2. The highest BCUT2D eigenvalue weighted by Gasteiger charge is 2.13. The minimum absolute atomic E-state index is 0.0246. The van der Waals surface area contributed by atoms with Gasteiger partial charge in [-0.2, -0.15) is 0 Å². The first-order chi connectivity index (χ1) is 12.3. The summed E-state index contributed by atoms with van der Waals surface area (Å²) in [7, 11) is 0. The highest BCUT2D eigenvalue weighted by Crippen LogP contribution is 2.30. The summed E-state index contributed by atoms with van der Waals surface area (Å²) in [5, 5.41) is -0.303. The summed E-state index contributed by atoms with van der Waals surface area (Å²) in [4.78, 5) is 0. The van der Waals surface area contributed by atoms with Crippen LogP contribution in [-0.4, -0.2) is 0 Å². The zero-order valence-corrected chi connectivity index (χ0v) is 10.5. The van der Waals surface area contributed by atoms with Crippen molar-refractivity contribution in [3.63, 3.8) is 0 Å². The predicted octanol–water partition coefficient (Wildman–Crippen LogP) is 5.29. The van der Waals surface area contributed by atoms with Crippen LogP contribution in [0.15, 0.2) is 54.4 Å². The van der Waals surface area contributed by atoms with E-state index in [1.54, 1.807) is 20.8 Å². The van der Waals surface area contributed by atoms with Crippen LogP contribution < -0.4 is 0 Å². The van der Waals surface area contributed by atoms with E-state index in [4.69, 9.17) is 12.3 Å². The van der Waals surface area contributed by atoms with E-state index in [-0.39, 0.29) is 51.3 Å². The first-order valence-electron chi connectivity index (χ1n) is 10.2. The van der Waals surface area contributed by atoms with Gasteiger partial charge in [-0.25, -0.2) is 0 Å². The lowest BCUT2D eigenvalue weighted by atomic mass is 9.85. The molecule has 18 heavy (non-hydrogen) atoms. The van der Waals surface area contributed by atoms with Gasteiger partial charge in [0.1, 0.15) is 0 Å². The molecule has 0 aliphatic carbocycles. The molecule has 0 unspecified atom stereocenters. The van der Waals surface area contributed by atoms with Crippen molar-refractivity contribution in [1.82, 2.24) is 0 Å². The van der Waals surface area contributed by atoms with Crippen molar-refractivity contribution < 1.29 is 12.3 Å². The monoisotopic (exact) mass is 243 g/mol. The normalized spacial score (nSPS) is 19.2. The highest BCUT2D eigenvalue weighted by atomic mass is 14.2. The van der Waals surface area contributed by atoms with Gasteiger partial charge in [0.2, 0.25) is 0 Å². The Kier molecular flexibility index (Phi) is 1.08. The Labute approximate surface area is 121 Å². The van der Waals surface area contributed by atoms with Crippen molar-refractivity contribution in [1.29, 1.82) is 0 Å². The number of hydrogen-bond donors (Lipinski definition) is 0. The molecule has 3 aromatic carbocycles. The molecule has 0 amide bonds. The molecule has 90 valence electrons. The number of fused-ring (bicyclic) bond motifs is 3. The van der Waals surface area contributed by atoms with Crippen LogP contribution in [0.4, 0.5) is 0 Å². The van der Waals surface area contributed by atoms with Gasteiger partial charge in [-0.15, -0.1) is 0 Å². The van der Waals surface area contributed by atoms with E-state index in [2.05, 4.69) is 0 Å². The molecule has 0 saturated carbocycles. The maximum absolute atomic E-state index is 8.57. The Morgan fingerprint density at radius 3 is 2.22 bits per heavy atom. The number of rotatable bonds is 0. The quantitative estimate of drug-likeness (QED) is 0.471. The Balaban J connectivity index is 2.82. The van der Waals surface area contributed by atoms with Gasteiger partial charge >= 0.3 is 0 Å². The number of benzene rings is 3. The summed E-state index contributed by atoms with van der Waals surface area (Å²) in [6, 6.07) is -3.34. The van der Waals surface area contributed by atoms with E-state index in [1.165, 1.54) is 0 Å². The summed E-state index contributed by atoms with van der Waals surface area (Å²) in [6.45, 7) is 5.38. The Bertz CT molecular complexity index is 1140. The van der Waals surface area contributed by atoms with Crippen molar-refractivity contribution in [2.75, 3.05) is 0 Å². The second kappa shape index (κ2) is 3.84. The SMILES string of the molecule is [2H]c1c([2H])c([2H])c2c(c1[2H])c([2H])c([2H])c1c([2H])c(C(C)(C)C)c([2H])c([2H])c12. The van der Waals surface area contributed by atoms with Crippen molar-refractivity contribution in [2.24, 2.45) is 0 Å². The molecule has 3 aromatic rings. The molecular weight excluding hydrogens is 216 g/mol. The average Bonchev–Trinajstić information content (AvgIpc) is 2.56. The third-order valence-corrected chi connectivity index (χ3v) is 2.81. The van der Waals surface area contributed by atoms with E-state index in [9.17, 15) is 0 Å². The fourth-order valence-corrected chi connectivity index (χ4v) is 1.78. The maximum atomic E-state index is 8.57.